The molecular formula is C13H24N2O5S. The van der Waals surface area contributed by atoms with Crippen LogP contribution in [0.2, 0.25) is 0 Å². The molecule has 0 aromatic carbocycles. The third kappa shape index (κ3) is 5.28. The number of hydrogen-bond donors (Lipinski definition) is 2. The number of aliphatic carboxylic acids is 1. The lowest BCUT2D eigenvalue weighted by Gasteiger charge is -2.37. The Morgan fingerprint density at radius 2 is 2.00 bits per heavy atom. The van der Waals surface area contributed by atoms with Crippen molar-refractivity contribution in [2.45, 2.75) is 32.7 Å². The lowest BCUT2D eigenvalue weighted by Crippen LogP contribution is -2.54. The number of carboxylic acid groups (broad SMARTS) is 1. The van der Waals surface area contributed by atoms with Gasteiger partial charge in [-0.2, -0.15) is 0 Å². The number of carboxylic acids is 1. The number of nitrogens with two attached hydrogens (primary N) is 1. The Kier molecular flexibility index (Phi) is 6.15. The minimum atomic E-state index is -3.29. The molecule has 0 bridgehead atoms. The molecule has 2 unspecified atom stereocenters. The van der Waals surface area contributed by atoms with Crippen molar-refractivity contribution in [1.29, 1.82) is 0 Å². The molecule has 2 atom stereocenters. The van der Waals surface area contributed by atoms with Crippen LogP contribution in [0.1, 0.15) is 26.7 Å². The zero-order valence-electron chi connectivity index (χ0n) is 12.5. The van der Waals surface area contributed by atoms with Crippen molar-refractivity contribution in [3.63, 3.8) is 0 Å². The molecule has 0 saturated carbocycles. The smallest absolute Gasteiger partial charge is 0.305 e. The van der Waals surface area contributed by atoms with Crippen molar-refractivity contribution in [3.8, 4) is 0 Å². The van der Waals surface area contributed by atoms with Gasteiger partial charge in [-0.25, -0.2) is 8.42 Å². The van der Waals surface area contributed by atoms with Gasteiger partial charge >= 0.3 is 5.97 Å². The molecule has 1 fully saturated rings. The number of nitrogens with zero attached hydrogens (tertiary/aromatic N) is 1. The summed E-state index contributed by atoms with van der Waals surface area (Å²) >= 11 is 0. The normalized spacial score (nSPS) is 23.0. The number of carbonyl (C=O) groups is 2. The third-order valence-electron chi connectivity index (χ3n) is 3.61. The van der Waals surface area contributed by atoms with Crippen LogP contribution in [0.25, 0.3) is 0 Å². The van der Waals surface area contributed by atoms with Crippen molar-refractivity contribution in [2.75, 3.05) is 24.6 Å². The second-order valence-corrected chi connectivity index (χ2v) is 8.19. The monoisotopic (exact) mass is 320 g/mol. The Morgan fingerprint density at radius 3 is 2.48 bits per heavy atom. The van der Waals surface area contributed by atoms with Gasteiger partial charge in [0.1, 0.15) is 0 Å². The lowest BCUT2D eigenvalue weighted by atomic mass is 9.95. The summed E-state index contributed by atoms with van der Waals surface area (Å²) in [7, 11) is -3.29. The van der Waals surface area contributed by atoms with Crippen molar-refractivity contribution in [1.82, 2.24) is 4.90 Å². The van der Waals surface area contributed by atoms with E-state index in [9.17, 15) is 18.0 Å². The maximum Gasteiger partial charge on any atom is 0.305 e. The number of rotatable bonds is 6. The average molecular weight is 320 g/mol. The highest BCUT2D eigenvalue weighted by molar-refractivity contribution is 7.91. The number of sulfone groups is 1. The summed E-state index contributed by atoms with van der Waals surface area (Å²) in [5.74, 6) is -1.84. The Labute approximate surface area is 125 Å². The van der Waals surface area contributed by atoms with E-state index < -0.39 is 21.8 Å². The molecule has 0 aliphatic carbocycles. The maximum absolute atomic E-state index is 12.5. The van der Waals surface area contributed by atoms with Gasteiger partial charge in [-0.1, -0.05) is 13.8 Å². The summed E-state index contributed by atoms with van der Waals surface area (Å²) in [5.41, 5.74) is 5.65. The first-order valence-electron chi connectivity index (χ1n) is 7.09. The highest BCUT2D eigenvalue weighted by atomic mass is 32.2. The van der Waals surface area contributed by atoms with Crippen LogP contribution in [0, 0.1) is 11.8 Å². The summed E-state index contributed by atoms with van der Waals surface area (Å²) in [6.07, 6.45) is 0.252. The van der Waals surface area contributed by atoms with Gasteiger partial charge in [0.25, 0.3) is 0 Å². The fraction of sp³-hybridized carbons (Fsp3) is 0.846. The molecule has 3 N–H and O–H groups in total. The summed E-state index contributed by atoms with van der Waals surface area (Å²) < 4.78 is 23.3. The lowest BCUT2D eigenvalue weighted by molar-refractivity contribution is -0.142. The van der Waals surface area contributed by atoms with E-state index in [0.717, 1.165) is 0 Å². The fourth-order valence-corrected chi connectivity index (χ4v) is 4.17. The number of hydrogen-bond acceptors (Lipinski definition) is 5. The highest BCUT2D eigenvalue weighted by Crippen LogP contribution is 2.21. The van der Waals surface area contributed by atoms with Gasteiger partial charge in [-0.15, -0.1) is 0 Å². The van der Waals surface area contributed by atoms with E-state index in [4.69, 9.17) is 10.8 Å². The third-order valence-corrected chi connectivity index (χ3v) is 5.31. The Morgan fingerprint density at radius 1 is 1.38 bits per heavy atom. The van der Waals surface area contributed by atoms with Crippen molar-refractivity contribution >= 4 is 21.7 Å². The average Bonchev–Trinajstić information content (AvgIpc) is 2.33. The van der Waals surface area contributed by atoms with E-state index in [1.165, 1.54) is 4.90 Å². The minimum Gasteiger partial charge on any atom is -0.481 e. The molecule has 0 spiro atoms. The molecular weight excluding hydrogens is 296 g/mol. The zero-order chi connectivity index (χ0) is 16.2. The second-order valence-electron chi connectivity index (χ2n) is 5.96. The van der Waals surface area contributed by atoms with Crippen molar-refractivity contribution in [2.24, 2.45) is 17.6 Å². The van der Waals surface area contributed by atoms with Crippen LogP contribution in [0.4, 0.5) is 0 Å². The predicted molar refractivity (Wildman–Crippen MR) is 78.4 cm³/mol. The van der Waals surface area contributed by atoms with Crippen molar-refractivity contribution < 1.29 is 23.1 Å². The van der Waals surface area contributed by atoms with E-state index in [1.54, 1.807) is 0 Å². The summed E-state index contributed by atoms with van der Waals surface area (Å²) in [4.78, 5) is 24.8. The predicted octanol–water partition coefficient (Wildman–Crippen LogP) is -0.292. The quantitative estimate of drug-likeness (QED) is 0.694. The van der Waals surface area contributed by atoms with Gasteiger partial charge in [0.15, 0.2) is 9.84 Å². The first-order valence-corrected chi connectivity index (χ1v) is 8.91. The summed E-state index contributed by atoms with van der Waals surface area (Å²) in [6.45, 7) is 4.18. The van der Waals surface area contributed by atoms with Crippen molar-refractivity contribution in [3.05, 3.63) is 0 Å². The fourth-order valence-electron chi connectivity index (χ4n) is 2.65. The maximum atomic E-state index is 12.5. The molecule has 1 aliphatic heterocycles. The van der Waals surface area contributed by atoms with Crippen LogP contribution in [-0.4, -0.2) is 60.9 Å². The van der Waals surface area contributed by atoms with E-state index in [0.29, 0.717) is 6.42 Å². The van der Waals surface area contributed by atoms with Crippen LogP contribution >= 0.6 is 0 Å². The molecule has 8 heteroatoms. The van der Waals surface area contributed by atoms with Crippen LogP contribution < -0.4 is 5.73 Å². The summed E-state index contributed by atoms with van der Waals surface area (Å²) in [6, 6.07) is -0.796. The molecule has 122 valence electrons. The van der Waals surface area contributed by atoms with Crippen LogP contribution in [0.15, 0.2) is 0 Å². The number of amides is 1. The minimum absolute atomic E-state index is 0.0493. The van der Waals surface area contributed by atoms with E-state index in [-0.39, 0.29) is 48.8 Å². The molecule has 0 radical (unpaired) electrons. The summed E-state index contributed by atoms with van der Waals surface area (Å²) in [5, 5.41) is 8.92. The first kappa shape index (κ1) is 17.9. The second kappa shape index (κ2) is 7.22. The topological polar surface area (TPSA) is 118 Å². The highest BCUT2D eigenvalue weighted by Gasteiger charge is 2.37. The van der Waals surface area contributed by atoms with E-state index in [2.05, 4.69) is 0 Å². The van der Waals surface area contributed by atoms with Gasteiger partial charge in [-0.3, -0.25) is 9.59 Å². The van der Waals surface area contributed by atoms with Gasteiger partial charge in [-0.05, 0) is 12.3 Å². The van der Waals surface area contributed by atoms with Crippen LogP contribution in [0.5, 0.6) is 0 Å². The van der Waals surface area contributed by atoms with Gasteiger partial charge in [0, 0.05) is 13.1 Å². The molecule has 0 aromatic heterocycles. The Balaban J connectivity index is 2.90. The molecule has 1 aliphatic rings. The van der Waals surface area contributed by atoms with Gasteiger partial charge in [0.05, 0.1) is 29.9 Å². The largest absolute Gasteiger partial charge is 0.481 e. The van der Waals surface area contributed by atoms with E-state index >= 15 is 0 Å². The molecule has 7 nitrogen and oxygen atoms in total. The standard InChI is InChI=1S/C13H24N2O5S/c1-9(2)5-10(7-14)13(18)15-3-4-21(19,20)8-11(15)6-12(16)17/h9-11H,3-8,14H2,1-2H3,(H,16,17). The van der Waals surface area contributed by atoms with Crippen LogP contribution in [-0.2, 0) is 19.4 Å². The Hall–Kier alpha value is -1.15. The zero-order valence-corrected chi connectivity index (χ0v) is 13.3. The molecule has 1 amide bonds. The first-order chi connectivity index (χ1) is 9.66. The molecule has 1 saturated heterocycles. The molecule has 1 heterocycles. The number of carbonyl (C=O) groups excluding carboxylic acids is 1. The Bertz CT molecular complexity index is 489. The van der Waals surface area contributed by atoms with Gasteiger partial charge in [0.2, 0.25) is 5.91 Å². The van der Waals surface area contributed by atoms with Gasteiger partial charge < -0.3 is 15.7 Å². The van der Waals surface area contributed by atoms with Crippen LogP contribution in [0.3, 0.4) is 0 Å². The molecule has 1 rings (SSSR count). The molecule has 0 aromatic rings. The SMILES string of the molecule is CC(C)CC(CN)C(=O)N1CCS(=O)(=O)CC1CC(=O)O. The van der Waals surface area contributed by atoms with E-state index in [1.807, 2.05) is 13.8 Å². The molecule has 21 heavy (non-hydrogen) atoms.